The highest BCUT2D eigenvalue weighted by Gasteiger charge is 2.09. The predicted octanol–water partition coefficient (Wildman–Crippen LogP) is 3.17. The van der Waals surface area contributed by atoms with Crippen molar-refractivity contribution in [2.75, 3.05) is 19.6 Å². The number of nitrogens with zero attached hydrogens (tertiary/aromatic N) is 3. The Balaban J connectivity index is 1.57. The van der Waals surface area contributed by atoms with Crippen molar-refractivity contribution in [1.29, 1.82) is 0 Å². The normalized spacial score (nSPS) is 12.0. The molecule has 0 radical (unpaired) electrons. The van der Waals surface area contributed by atoms with Gasteiger partial charge in [-0.3, -0.25) is 9.67 Å². The topological polar surface area (TPSA) is 70.0 Å². The second-order valence-electron chi connectivity index (χ2n) is 7.32. The molecule has 0 aliphatic heterocycles. The zero-order chi connectivity index (χ0) is 20.1. The molecule has 1 aromatic carbocycles. The van der Waals surface area contributed by atoms with Gasteiger partial charge in [0.1, 0.15) is 0 Å². The second kappa shape index (κ2) is 8.95. The number of aliphatic imine (C=N–C) groups is 1. The van der Waals surface area contributed by atoms with Crippen LogP contribution < -0.4 is 10.6 Å². The number of hydrogen-bond donors (Lipinski definition) is 3. The Hall–Kier alpha value is -2.76. The fourth-order valence-electron chi connectivity index (χ4n) is 3.62. The van der Waals surface area contributed by atoms with Crippen molar-refractivity contribution in [3.63, 3.8) is 0 Å². The van der Waals surface area contributed by atoms with Crippen LogP contribution in [0.1, 0.15) is 35.0 Å². The van der Waals surface area contributed by atoms with Crippen molar-refractivity contribution in [3.8, 4) is 0 Å². The maximum absolute atomic E-state index is 4.74. The highest BCUT2D eigenvalue weighted by Crippen LogP contribution is 2.19. The molecule has 0 aliphatic rings. The maximum atomic E-state index is 4.74. The molecule has 3 rings (SSSR count). The average molecular weight is 381 g/mol. The van der Waals surface area contributed by atoms with E-state index in [4.69, 9.17) is 4.99 Å². The lowest BCUT2D eigenvalue weighted by molar-refractivity contribution is 0.729. The molecule has 0 amide bonds. The van der Waals surface area contributed by atoms with E-state index in [9.17, 15) is 0 Å². The van der Waals surface area contributed by atoms with Crippen LogP contribution in [0.25, 0.3) is 10.9 Å². The molecule has 6 nitrogen and oxygen atoms in total. The van der Waals surface area contributed by atoms with Crippen LogP contribution in [-0.2, 0) is 19.9 Å². The Bertz CT molecular complexity index is 963. The quantitative estimate of drug-likeness (QED) is 0.436. The molecule has 0 aliphatic carbocycles. The van der Waals surface area contributed by atoms with Gasteiger partial charge in [-0.1, -0.05) is 12.1 Å². The van der Waals surface area contributed by atoms with Crippen LogP contribution >= 0.6 is 0 Å². The SMILES string of the molecule is CCNC(=NCCc1c(C)nn(C)c1C)NCCc1c[nH]c2cc(C)ccc12. The molecule has 2 aromatic heterocycles. The lowest BCUT2D eigenvalue weighted by Crippen LogP contribution is -2.38. The van der Waals surface area contributed by atoms with Gasteiger partial charge in [-0.15, -0.1) is 0 Å². The molecule has 0 fully saturated rings. The Morgan fingerprint density at radius 3 is 2.71 bits per heavy atom. The van der Waals surface area contributed by atoms with E-state index in [1.54, 1.807) is 0 Å². The number of fused-ring (bicyclic) bond motifs is 1. The van der Waals surface area contributed by atoms with Crippen molar-refractivity contribution in [2.45, 2.75) is 40.5 Å². The third-order valence-corrected chi connectivity index (χ3v) is 5.24. The molecule has 0 unspecified atom stereocenters. The van der Waals surface area contributed by atoms with Crippen LogP contribution in [0.3, 0.4) is 0 Å². The highest BCUT2D eigenvalue weighted by molar-refractivity contribution is 5.84. The van der Waals surface area contributed by atoms with Crippen LogP contribution in [0.4, 0.5) is 0 Å². The minimum absolute atomic E-state index is 0.745. The first kappa shape index (κ1) is 20.0. The summed E-state index contributed by atoms with van der Waals surface area (Å²) in [5.74, 6) is 0.873. The average Bonchev–Trinajstić information content (AvgIpc) is 3.16. The van der Waals surface area contributed by atoms with E-state index in [-0.39, 0.29) is 0 Å². The van der Waals surface area contributed by atoms with Gasteiger partial charge in [0.2, 0.25) is 0 Å². The summed E-state index contributed by atoms with van der Waals surface area (Å²) in [6.45, 7) is 10.8. The largest absolute Gasteiger partial charge is 0.361 e. The zero-order valence-corrected chi connectivity index (χ0v) is 17.7. The monoisotopic (exact) mass is 380 g/mol. The molecule has 3 aromatic rings. The molecule has 0 saturated heterocycles. The number of hydrogen-bond acceptors (Lipinski definition) is 2. The molecule has 28 heavy (non-hydrogen) atoms. The Kier molecular flexibility index (Phi) is 6.39. The summed E-state index contributed by atoms with van der Waals surface area (Å²) in [5, 5.41) is 12.6. The fraction of sp³-hybridized carbons (Fsp3) is 0.455. The summed E-state index contributed by atoms with van der Waals surface area (Å²) < 4.78 is 1.94. The number of rotatable bonds is 7. The van der Waals surface area contributed by atoms with Crippen LogP contribution in [-0.4, -0.2) is 40.4 Å². The molecular formula is C22H32N6. The lowest BCUT2D eigenvalue weighted by atomic mass is 10.1. The number of aromatic amines is 1. The van der Waals surface area contributed by atoms with E-state index in [2.05, 4.69) is 72.8 Å². The van der Waals surface area contributed by atoms with Gasteiger partial charge < -0.3 is 15.6 Å². The van der Waals surface area contributed by atoms with E-state index >= 15 is 0 Å². The lowest BCUT2D eigenvalue weighted by Gasteiger charge is -2.11. The van der Waals surface area contributed by atoms with Crippen LogP contribution in [0, 0.1) is 20.8 Å². The van der Waals surface area contributed by atoms with Gasteiger partial charge in [0.05, 0.1) is 5.69 Å². The van der Waals surface area contributed by atoms with Gasteiger partial charge in [-0.05, 0) is 63.3 Å². The number of H-pyrrole nitrogens is 1. The maximum Gasteiger partial charge on any atom is 0.191 e. The minimum Gasteiger partial charge on any atom is -0.361 e. The summed E-state index contributed by atoms with van der Waals surface area (Å²) in [6.07, 6.45) is 3.97. The molecular weight excluding hydrogens is 348 g/mol. The van der Waals surface area contributed by atoms with Gasteiger partial charge in [0.25, 0.3) is 0 Å². The number of aromatic nitrogens is 3. The number of benzene rings is 1. The molecule has 2 heterocycles. The molecule has 0 atom stereocenters. The third kappa shape index (κ3) is 4.55. The number of nitrogens with one attached hydrogen (secondary N) is 3. The van der Waals surface area contributed by atoms with Gasteiger partial charge in [-0.25, -0.2) is 0 Å². The van der Waals surface area contributed by atoms with Gasteiger partial charge in [-0.2, -0.15) is 5.10 Å². The van der Waals surface area contributed by atoms with Gasteiger partial charge in [0, 0.05) is 49.5 Å². The zero-order valence-electron chi connectivity index (χ0n) is 17.7. The van der Waals surface area contributed by atoms with E-state index in [1.165, 1.54) is 33.3 Å². The Labute approximate surface area is 167 Å². The highest BCUT2D eigenvalue weighted by atomic mass is 15.3. The smallest absolute Gasteiger partial charge is 0.191 e. The number of guanidine groups is 1. The van der Waals surface area contributed by atoms with E-state index in [0.717, 1.165) is 44.1 Å². The first-order chi connectivity index (χ1) is 13.5. The van der Waals surface area contributed by atoms with Crippen molar-refractivity contribution in [2.24, 2.45) is 12.0 Å². The first-order valence-corrected chi connectivity index (χ1v) is 10.1. The predicted molar refractivity (Wildman–Crippen MR) is 117 cm³/mol. The van der Waals surface area contributed by atoms with Gasteiger partial charge >= 0.3 is 0 Å². The summed E-state index contributed by atoms with van der Waals surface area (Å²) in [6, 6.07) is 6.57. The third-order valence-electron chi connectivity index (χ3n) is 5.24. The Morgan fingerprint density at radius 2 is 2.00 bits per heavy atom. The molecule has 0 saturated carbocycles. The van der Waals surface area contributed by atoms with Crippen molar-refractivity contribution >= 4 is 16.9 Å². The molecule has 0 bridgehead atoms. The molecule has 6 heteroatoms. The van der Waals surface area contributed by atoms with E-state index < -0.39 is 0 Å². The van der Waals surface area contributed by atoms with Crippen molar-refractivity contribution in [1.82, 2.24) is 25.4 Å². The standard InChI is InChI=1S/C22H32N6/c1-6-23-22(25-12-10-19-16(3)27-28(5)17(19)4)24-11-9-18-14-26-21-13-15(2)7-8-20(18)21/h7-8,13-14,26H,6,9-12H2,1-5H3,(H2,23,24,25). The first-order valence-electron chi connectivity index (χ1n) is 10.1. The molecule has 0 spiro atoms. The summed E-state index contributed by atoms with van der Waals surface area (Å²) in [5.41, 5.74) is 7.44. The fourth-order valence-corrected chi connectivity index (χ4v) is 3.62. The summed E-state index contributed by atoms with van der Waals surface area (Å²) in [4.78, 5) is 8.12. The number of aryl methyl sites for hydroxylation is 3. The Morgan fingerprint density at radius 1 is 1.18 bits per heavy atom. The van der Waals surface area contributed by atoms with E-state index in [1.807, 2.05) is 11.7 Å². The van der Waals surface area contributed by atoms with Gasteiger partial charge in [0.15, 0.2) is 5.96 Å². The van der Waals surface area contributed by atoms with Crippen LogP contribution in [0.2, 0.25) is 0 Å². The molecule has 150 valence electrons. The van der Waals surface area contributed by atoms with E-state index in [0.29, 0.717) is 0 Å². The summed E-state index contributed by atoms with van der Waals surface area (Å²) in [7, 11) is 1.99. The van der Waals surface area contributed by atoms with Crippen molar-refractivity contribution < 1.29 is 0 Å². The van der Waals surface area contributed by atoms with Crippen LogP contribution in [0.5, 0.6) is 0 Å². The summed E-state index contributed by atoms with van der Waals surface area (Å²) >= 11 is 0. The van der Waals surface area contributed by atoms with Crippen molar-refractivity contribution in [3.05, 3.63) is 52.5 Å². The minimum atomic E-state index is 0.745. The van der Waals surface area contributed by atoms with Crippen LogP contribution in [0.15, 0.2) is 29.4 Å². The second-order valence-corrected chi connectivity index (χ2v) is 7.32. The molecule has 3 N–H and O–H groups in total.